The Kier molecular flexibility index (Phi) is 6.36. The molecule has 2 saturated heterocycles. The van der Waals surface area contributed by atoms with E-state index in [9.17, 15) is 19.8 Å². The summed E-state index contributed by atoms with van der Waals surface area (Å²) in [4.78, 5) is 25.7. The Morgan fingerprint density at radius 2 is 2.04 bits per heavy atom. The molecular formula is C18H23Cl2N3O5. The molecule has 2 atom stereocenters. The number of carbonyl (C=O) groups excluding carboxylic acids is 2. The number of β-amino-alcohol motifs (C(OH)–C–C–N with tert-alkyl or cyclic N) is 1. The number of phenolic OH excluding ortho intramolecular Hbond substituents is 1. The monoisotopic (exact) mass is 431 g/mol. The van der Waals surface area contributed by atoms with Gasteiger partial charge in [0.15, 0.2) is 5.60 Å². The van der Waals surface area contributed by atoms with E-state index >= 15 is 0 Å². The van der Waals surface area contributed by atoms with Crippen LogP contribution in [-0.2, 0) is 9.59 Å². The first-order chi connectivity index (χ1) is 13.2. The zero-order chi connectivity index (χ0) is 20.5. The van der Waals surface area contributed by atoms with Gasteiger partial charge in [0.1, 0.15) is 5.75 Å². The van der Waals surface area contributed by atoms with Gasteiger partial charge in [-0.3, -0.25) is 9.59 Å². The maximum Gasteiger partial charge on any atom is 0.255 e. The quantitative estimate of drug-likeness (QED) is 0.444. The lowest BCUT2D eigenvalue weighted by molar-refractivity contribution is -0.169. The smallest absolute Gasteiger partial charge is 0.255 e. The number of aliphatic hydroxyl groups excluding tert-OH is 1. The minimum Gasteiger partial charge on any atom is -0.508 e. The number of carbonyl (C=O) groups is 2. The maximum absolute atomic E-state index is 12.5. The number of hydrogen-bond acceptors (Lipinski definition) is 6. The van der Waals surface area contributed by atoms with Gasteiger partial charge in [-0.15, -0.1) is 0 Å². The van der Waals surface area contributed by atoms with Crippen molar-refractivity contribution in [3.63, 3.8) is 0 Å². The van der Waals surface area contributed by atoms with E-state index in [1.54, 1.807) is 0 Å². The topological polar surface area (TPSA) is 122 Å². The second-order valence-electron chi connectivity index (χ2n) is 7.32. The summed E-state index contributed by atoms with van der Waals surface area (Å²) in [5.74, 6) is -0.641. The lowest BCUT2D eigenvalue weighted by atomic mass is 9.91. The predicted octanol–water partition coefficient (Wildman–Crippen LogP) is 0.421. The summed E-state index contributed by atoms with van der Waals surface area (Å²) < 4.78 is 0. The number of aromatic hydroxyl groups is 1. The largest absolute Gasteiger partial charge is 0.508 e. The van der Waals surface area contributed by atoms with Gasteiger partial charge in [0.05, 0.1) is 29.7 Å². The van der Waals surface area contributed by atoms with Gasteiger partial charge in [-0.1, -0.05) is 23.2 Å². The summed E-state index contributed by atoms with van der Waals surface area (Å²) >= 11 is 12.3. The number of rotatable bonds is 6. The zero-order valence-corrected chi connectivity index (χ0v) is 16.6. The number of aliphatic hydroxyl groups is 2. The average molecular weight is 432 g/mol. The highest BCUT2D eigenvalue weighted by atomic mass is 35.5. The van der Waals surface area contributed by atoms with Gasteiger partial charge in [-0.2, -0.15) is 0 Å². The van der Waals surface area contributed by atoms with E-state index in [2.05, 4.69) is 10.6 Å². The summed E-state index contributed by atoms with van der Waals surface area (Å²) in [5.41, 5.74) is -1.07. The van der Waals surface area contributed by atoms with E-state index in [1.807, 2.05) is 0 Å². The molecule has 1 aromatic carbocycles. The van der Waals surface area contributed by atoms with Gasteiger partial charge in [0, 0.05) is 24.6 Å². The van der Waals surface area contributed by atoms with Crippen LogP contribution in [0.15, 0.2) is 12.1 Å². The third-order valence-corrected chi connectivity index (χ3v) is 6.04. The van der Waals surface area contributed by atoms with Crippen molar-refractivity contribution in [3.05, 3.63) is 27.7 Å². The fraction of sp³-hybridized carbons (Fsp3) is 0.556. The molecule has 0 radical (unpaired) electrons. The number of nitrogens with zero attached hydrogens (tertiary/aromatic N) is 1. The molecule has 3 rings (SSSR count). The summed E-state index contributed by atoms with van der Waals surface area (Å²) in [6.45, 7) is 0.296. The molecule has 8 nitrogen and oxygen atoms in total. The fourth-order valence-electron chi connectivity index (χ4n) is 3.69. The molecule has 2 amide bonds. The van der Waals surface area contributed by atoms with Crippen molar-refractivity contribution in [2.75, 3.05) is 32.8 Å². The first-order valence-corrected chi connectivity index (χ1v) is 9.80. The molecule has 0 aliphatic carbocycles. The van der Waals surface area contributed by atoms with E-state index in [1.165, 1.54) is 17.0 Å². The van der Waals surface area contributed by atoms with Crippen LogP contribution >= 0.6 is 23.2 Å². The minimum atomic E-state index is -1.60. The van der Waals surface area contributed by atoms with E-state index in [0.717, 1.165) is 0 Å². The standard InChI is InChI=1S/C18H23Cl2N3O5/c19-11-1-2-13(25)15(16(11)20)12-5-10(7-22-12)6-14(26)23-8-18(28,9-23)17(27)21-3-4-24/h1-2,10,12,22,24-25,28H,3-9H2,(H,21,27)/t10-,12+/m0/s1. The molecule has 0 unspecified atom stereocenters. The SMILES string of the molecule is O=C(C[C@H]1CN[C@@H](c2c(O)ccc(Cl)c2Cl)C1)N1CC(O)(C(=O)NCCO)C1. The van der Waals surface area contributed by atoms with Crippen LogP contribution < -0.4 is 10.6 Å². The molecule has 28 heavy (non-hydrogen) atoms. The number of halogens is 2. The van der Waals surface area contributed by atoms with E-state index in [0.29, 0.717) is 28.6 Å². The lowest BCUT2D eigenvalue weighted by Gasteiger charge is -2.45. The Bertz CT molecular complexity index is 770. The molecule has 2 heterocycles. The number of benzene rings is 1. The van der Waals surface area contributed by atoms with Crippen LogP contribution in [0.5, 0.6) is 5.75 Å². The minimum absolute atomic E-state index is 0.0313. The average Bonchev–Trinajstić information content (AvgIpc) is 3.08. The van der Waals surface area contributed by atoms with E-state index in [-0.39, 0.29) is 56.3 Å². The maximum atomic E-state index is 12.5. The molecule has 2 fully saturated rings. The summed E-state index contributed by atoms with van der Waals surface area (Å²) in [5, 5.41) is 35.4. The van der Waals surface area contributed by atoms with Gasteiger partial charge in [-0.05, 0) is 31.0 Å². The Morgan fingerprint density at radius 1 is 1.32 bits per heavy atom. The van der Waals surface area contributed by atoms with E-state index < -0.39 is 11.5 Å². The molecular weight excluding hydrogens is 409 g/mol. The number of amides is 2. The van der Waals surface area contributed by atoms with Crippen LogP contribution in [-0.4, -0.2) is 70.4 Å². The first kappa shape index (κ1) is 21.1. The molecule has 2 aliphatic rings. The Labute approximate surface area is 172 Å². The lowest BCUT2D eigenvalue weighted by Crippen LogP contribution is -2.70. The molecule has 0 saturated carbocycles. The highest BCUT2D eigenvalue weighted by Gasteiger charge is 2.49. The van der Waals surface area contributed by atoms with Gasteiger partial charge >= 0.3 is 0 Å². The Morgan fingerprint density at radius 3 is 2.71 bits per heavy atom. The highest BCUT2D eigenvalue weighted by molar-refractivity contribution is 6.42. The van der Waals surface area contributed by atoms with Gasteiger partial charge in [0.25, 0.3) is 5.91 Å². The van der Waals surface area contributed by atoms with Crippen LogP contribution in [0.3, 0.4) is 0 Å². The number of likely N-dealkylation sites (tertiary alicyclic amines) is 1. The van der Waals surface area contributed by atoms with Crippen molar-refractivity contribution in [2.24, 2.45) is 5.92 Å². The molecule has 0 aromatic heterocycles. The normalized spacial score (nSPS) is 23.4. The molecule has 0 bridgehead atoms. The first-order valence-electron chi connectivity index (χ1n) is 9.04. The van der Waals surface area contributed by atoms with E-state index in [4.69, 9.17) is 28.3 Å². The molecule has 10 heteroatoms. The van der Waals surface area contributed by atoms with Crippen molar-refractivity contribution in [3.8, 4) is 5.75 Å². The van der Waals surface area contributed by atoms with Crippen molar-refractivity contribution in [1.82, 2.24) is 15.5 Å². The van der Waals surface area contributed by atoms with Gasteiger partial charge < -0.3 is 30.9 Å². The van der Waals surface area contributed by atoms with Crippen LogP contribution in [0.1, 0.15) is 24.4 Å². The highest BCUT2D eigenvalue weighted by Crippen LogP contribution is 2.41. The summed E-state index contributed by atoms with van der Waals surface area (Å²) in [6.07, 6.45) is 0.866. The zero-order valence-electron chi connectivity index (χ0n) is 15.1. The number of phenols is 1. The third kappa shape index (κ3) is 4.21. The second-order valence-corrected chi connectivity index (χ2v) is 8.11. The molecule has 154 valence electrons. The van der Waals surface area contributed by atoms with Crippen LogP contribution in [0.25, 0.3) is 0 Å². The number of hydrogen-bond donors (Lipinski definition) is 5. The summed E-state index contributed by atoms with van der Waals surface area (Å²) in [7, 11) is 0. The molecule has 2 aliphatic heterocycles. The predicted molar refractivity (Wildman–Crippen MR) is 103 cm³/mol. The fourth-order valence-corrected chi connectivity index (χ4v) is 4.14. The van der Waals surface area contributed by atoms with Gasteiger partial charge in [0.2, 0.25) is 5.91 Å². The van der Waals surface area contributed by atoms with Crippen LogP contribution in [0, 0.1) is 5.92 Å². The van der Waals surface area contributed by atoms with Crippen molar-refractivity contribution < 1.29 is 24.9 Å². The van der Waals surface area contributed by atoms with Crippen molar-refractivity contribution in [2.45, 2.75) is 24.5 Å². The Balaban J connectivity index is 1.52. The van der Waals surface area contributed by atoms with Crippen molar-refractivity contribution in [1.29, 1.82) is 0 Å². The van der Waals surface area contributed by atoms with Gasteiger partial charge in [-0.25, -0.2) is 0 Å². The second kappa shape index (κ2) is 8.42. The van der Waals surface area contributed by atoms with Crippen LogP contribution in [0.4, 0.5) is 0 Å². The number of nitrogens with one attached hydrogen (secondary N) is 2. The Hall–Kier alpha value is -1.58. The van der Waals surface area contributed by atoms with Crippen LogP contribution in [0.2, 0.25) is 10.0 Å². The third-order valence-electron chi connectivity index (χ3n) is 5.22. The summed E-state index contributed by atoms with van der Waals surface area (Å²) in [6, 6.07) is 2.81. The van der Waals surface area contributed by atoms with Crippen molar-refractivity contribution >= 4 is 35.0 Å². The molecule has 5 N–H and O–H groups in total. The molecule has 1 aromatic rings. The molecule has 0 spiro atoms.